The van der Waals surface area contributed by atoms with Crippen LogP contribution in [0.2, 0.25) is 0 Å². The Morgan fingerprint density at radius 2 is 2.16 bits per heavy atom. The van der Waals surface area contributed by atoms with Gasteiger partial charge in [0.2, 0.25) is 0 Å². The Labute approximate surface area is 116 Å². The molecule has 0 aromatic rings. The molecule has 19 heavy (non-hydrogen) atoms. The van der Waals surface area contributed by atoms with E-state index in [-0.39, 0.29) is 0 Å². The minimum absolute atomic E-state index is 0.334. The van der Waals surface area contributed by atoms with Gasteiger partial charge in [-0.15, -0.1) is 0 Å². The fraction of sp³-hybridized carbons (Fsp3) is 0.933. The highest BCUT2D eigenvalue weighted by molar-refractivity contribution is 5.78. The average Bonchev–Trinajstić information content (AvgIpc) is 2.31. The number of likely N-dealkylation sites (tertiary alicyclic amines) is 1. The minimum atomic E-state index is 0.334. The summed E-state index contributed by atoms with van der Waals surface area (Å²) in [6.07, 6.45) is 7.90. The Balaban J connectivity index is 1.65. The molecule has 1 aliphatic heterocycles. The van der Waals surface area contributed by atoms with Gasteiger partial charge in [-0.05, 0) is 38.0 Å². The number of ether oxygens (including phenoxy) is 1. The standard InChI is InChI=1S/C15H27N3O/c1-11-5-3-8-18(10-11)14(16)17-12-9-13(19-2)15(12)6-4-7-15/h11-13H,3-10H2,1-2H3,(H2,16,17). The van der Waals surface area contributed by atoms with E-state index in [0.29, 0.717) is 17.6 Å². The van der Waals surface area contributed by atoms with Gasteiger partial charge in [0.25, 0.3) is 0 Å². The highest BCUT2D eigenvalue weighted by atomic mass is 16.5. The molecule has 1 saturated heterocycles. The van der Waals surface area contributed by atoms with Crippen LogP contribution in [0.5, 0.6) is 0 Å². The van der Waals surface area contributed by atoms with Crippen molar-refractivity contribution in [2.24, 2.45) is 22.1 Å². The maximum atomic E-state index is 6.24. The van der Waals surface area contributed by atoms with E-state index in [1.807, 2.05) is 7.11 Å². The normalized spacial score (nSPS) is 37.9. The molecule has 3 atom stereocenters. The largest absolute Gasteiger partial charge is 0.381 e. The summed E-state index contributed by atoms with van der Waals surface area (Å²) in [6.45, 7) is 4.45. The summed E-state index contributed by atoms with van der Waals surface area (Å²) < 4.78 is 5.59. The van der Waals surface area contributed by atoms with Gasteiger partial charge < -0.3 is 15.4 Å². The van der Waals surface area contributed by atoms with E-state index in [0.717, 1.165) is 31.4 Å². The molecule has 0 aromatic carbocycles. The first-order valence-corrected chi connectivity index (χ1v) is 7.77. The number of methoxy groups -OCH3 is 1. The van der Waals surface area contributed by atoms with Crippen LogP contribution in [-0.2, 0) is 4.74 Å². The number of hydrogen-bond acceptors (Lipinski definition) is 2. The van der Waals surface area contributed by atoms with Crippen molar-refractivity contribution in [1.82, 2.24) is 4.90 Å². The van der Waals surface area contributed by atoms with Crippen molar-refractivity contribution in [3.8, 4) is 0 Å². The average molecular weight is 265 g/mol. The fourth-order valence-corrected chi connectivity index (χ4v) is 4.12. The van der Waals surface area contributed by atoms with Crippen LogP contribution < -0.4 is 5.73 Å². The maximum absolute atomic E-state index is 6.24. The molecule has 1 spiro atoms. The molecule has 3 unspecified atom stereocenters. The molecule has 108 valence electrons. The van der Waals surface area contributed by atoms with Crippen molar-refractivity contribution in [3.05, 3.63) is 0 Å². The van der Waals surface area contributed by atoms with Crippen LogP contribution in [0.1, 0.15) is 45.4 Å². The second-order valence-corrected chi connectivity index (χ2v) is 6.74. The number of rotatable bonds is 2. The Kier molecular flexibility index (Phi) is 3.46. The third-order valence-electron chi connectivity index (χ3n) is 5.58. The number of piperidine rings is 1. The molecule has 2 saturated carbocycles. The summed E-state index contributed by atoms with van der Waals surface area (Å²) in [5.41, 5.74) is 6.58. The molecule has 1 heterocycles. The van der Waals surface area contributed by atoms with E-state index in [2.05, 4.69) is 11.8 Å². The Hall–Kier alpha value is -0.770. The molecule has 3 aliphatic rings. The van der Waals surface area contributed by atoms with Gasteiger partial charge >= 0.3 is 0 Å². The molecule has 2 aliphatic carbocycles. The number of aliphatic imine (C=N–C) groups is 1. The summed E-state index contributed by atoms with van der Waals surface area (Å²) in [5.74, 6) is 1.52. The number of nitrogens with two attached hydrogens (primary N) is 1. The zero-order chi connectivity index (χ0) is 13.5. The molecule has 0 radical (unpaired) electrons. The van der Waals surface area contributed by atoms with E-state index >= 15 is 0 Å². The Morgan fingerprint density at radius 1 is 1.37 bits per heavy atom. The first-order chi connectivity index (χ1) is 9.15. The van der Waals surface area contributed by atoms with E-state index in [1.165, 1.54) is 32.1 Å². The summed E-state index contributed by atoms with van der Waals surface area (Å²) in [6, 6.07) is 0.406. The van der Waals surface area contributed by atoms with Crippen molar-refractivity contribution in [2.75, 3.05) is 20.2 Å². The second-order valence-electron chi connectivity index (χ2n) is 6.74. The third kappa shape index (κ3) is 2.14. The lowest BCUT2D eigenvalue weighted by atomic mass is 9.51. The first-order valence-electron chi connectivity index (χ1n) is 7.77. The lowest BCUT2D eigenvalue weighted by Gasteiger charge is -2.59. The maximum Gasteiger partial charge on any atom is 0.191 e. The van der Waals surface area contributed by atoms with E-state index in [1.54, 1.807) is 0 Å². The van der Waals surface area contributed by atoms with Crippen molar-refractivity contribution < 1.29 is 4.74 Å². The first kappa shape index (κ1) is 13.2. The molecular formula is C15H27N3O. The lowest BCUT2D eigenvalue weighted by Crippen LogP contribution is -2.61. The molecular weight excluding hydrogens is 238 g/mol. The van der Waals surface area contributed by atoms with E-state index in [4.69, 9.17) is 15.5 Å². The highest BCUT2D eigenvalue weighted by Gasteiger charge is 2.59. The quantitative estimate of drug-likeness (QED) is 0.613. The van der Waals surface area contributed by atoms with Gasteiger partial charge in [0.1, 0.15) is 0 Å². The van der Waals surface area contributed by atoms with Crippen LogP contribution in [-0.4, -0.2) is 43.2 Å². The molecule has 3 fully saturated rings. The van der Waals surface area contributed by atoms with Gasteiger partial charge in [-0.1, -0.05) is 13.3 Å². The van der Waals surface area contributed by atoms with Gasteiger partial charge in [-0.25, -0.2) is 4.99 Å². The van der Waals surface area contributed by atoms with Gasteiger partial charge in [0, 0.05) is 25.6 Å². The molecule has 4 nitrogen and oxygen atoms in total. The van der Waals surface area contributed by atoms with Crippen LogP contribution in [0.4, 0.5) is 0 Å². The van der Waals surface area contributed by atoms with Gasteiger partial charge in [0.05, 0.1) is 12.1 Å². The summed E-state index contributed by atoms with van der Waals surface area (Å²) in [7, 11) is 1.83. The van der Waals surface area contributed by atoms with Gasteiger partial charge in [-0.2, -0.15) is 0 Å². The number of nitrogens with zero attached hydrogens (tertiary/aromatic N) is 2. The second kappa shape index (κ2) is 4.97. The van der Waals surface area contributed by atoms with Crippen LogP contribution in [0, 0.1) is 11.3 Å². The van der Waals surface area contributed by atoms with Crippen LogP contribution in [0.25, 0.3) is 0 Å². The topological polar surface area (TPSA) is 50.9 Å². The van der Waals surface area contributed by atoms with Crippen molar-refractivity contribution in [1.29, 1.82) is 0 Å². The van der Waals surface area contributed by atoms with Crippen LogP contribution in [0.3, 0.4) is 0 Å². The molecule has 4 heteroatoms. The van der Waals surface area contributed by atoms with Crippen molar-refractivity contribution in [2.45, 2.75) is 57.6 Å². The Bertz CT molecular complexity index is 364. The zero-order valence-electron chi connectivity index (χ0n) is 12.3. The van der Waals surface area contributed by atoms with Crippen molar-refractivity contribution >= 4 is 5.96 Å². The number of guanidine groups is 1. The molecule has 0 aromatic heterocycles. The minimum Gasteiger partial charge on any atom is -0.381 e. The number of hydrogen-bond donors (Lipinski definition) is 1. The van der Waals surface area contributed by atoms with E-state index < -0.39 is 0 Å². The van der Waals surface area contributed by atoms with Gasteiger partial charge in [0.15, 0.2) is 5.96 Å². The third-order valence-corrected chi connectivity index (χ3v) is 5.58. The predicted octanol–water partition coefficient (Wildman–Crippen LogP) is 1.99. The smallest absolute Gasteiger partial charge is 0.191 e. The monoisotopic (exact) mass is 265 g/mol. The van der Waals surface area contributed by atoms with Crippen LogP contribution in [0.15, 0.2) is 4.99 Å². The Morgan fingerprint density at radius 3 is 2.74 bits per heavy atom. The molecule has 3 rings (SSSR count). The zero-order valence-corrected chi connectivity index (χ0v) is 12.3. The highest BCUT2D eigenvalue weighted by Crippen LogP contribution is 2.58. The van der Waals surface area contributed by atoms with E-state index in [9.17, 15) is 0 Å². The molecule has 2 N–H and O–H groups in total. The fourth-order valence-electron chi connectivity index (χ4n) is 4.12. The van der Waals surface area contributed by atoms with Crippen LogP contribution >= 0.6 is 0 Å². The molecule has 0 bridgehead atoms. The van der Waals surface area contributed by atoms with Crippen molar-refractivity contribution in [3.63, 3.8) is 0 Å². The van der Waals surface area contributed by atoms with Gasteiger partial charge in [-0.3, -0.25) is 0 Å². The molecule has 0 amide bonds. The summed E-state index contributed by atoms with van der Waals surface area (Å²) in [4.78, 5) is 7.13. The SMILES string of the molecule is COC1CC(N=C(N)N2CCCC(C)C2)C12CCC2. The summed E-state index contributed by atoms with van der Waals surface area (Å²) >= 11 is 0. The lowest BCUT2D eigenvalue weighted by molar-refractivity contribution is -0.150. The summed E-state index contributed by atoms with van der Waals surface area (Å²) in [5, 5.41) is 0. The predicted molar refractivity (Wildman–Crippen MR) is 77.1 cm³/mol.